The van der Waals surface area contributed by atoms with Gasteiger partial charge in [0.1, 0.15) is 11.3 Å². The summed E-state index contributed by atoms with van der Waals surface area (Å²) in [7, 11) is 0. The molecular formula is C19H11ClF3NO4S. The number of amides is 1. The maximum absolute atomic E-state index is 12.4. The molecule has 0 radical (unpaired) electrons. The molecule has 0 atom stereocenters. The Labute approximate surface area is 171 Å². The van der Waals surface area contributed by atoms with Crippen molar-refractivity contribution in [2.75, 3.05) is 5.32 Å². The molecule has 0 aliphatic rings. The molecule has 150 valence electrons. The lowest BCUT2D eigenvalue weighted by Gasteiger charge is -2.10. The molecule has 5 nitrogen and oxygen atoms in total. The van der Waals surface area contributed by atoms with Crippen molar-refractivity contribution in [3.05, 3.63) is 70.1 Å². The van der Waals surface area contributed by atoms with Gasteiger partial charge in [-0.2, -0.15) is 0 Å². The number of carboxylic acid groups (broad SMARTS) is 1. The fraction of sp³-hybridized carbons (Fsp3) is 0.0526. The average molecular weight is 442 g/mol. The highest BCUT2D eigenvalue weighted by Gasteiger charge is 2.31. The predicted octanol–water partition coefficient (Wildman–Crippen LogP) is 5.92. The normalized spacial score (nSPS) is 11.2. The molecule has 0 saturated heterocycles. The number of hydrogen-bond donors (Lipinski definition) is 2. The Kier molecular flexibility index (Phi) is 5.81. The van der Waals surface area contributed by atoms with E-state index in [2.05, 4.69) is 10.1 Å². The molecule has 0 fully saturated rings. The van der Waals surface area contributed by atoms with E-state index in [-0.39, 0.29) is 16.8 Å². The summed E-state index contributed by atoms with van der Waals surface area (Å²) in [6.45, 7) is 0. The van der Waals surface area contributed by atoms with Gasteiger partial charge in [0.2, 0.25) is 0 Å². The first kappa shape index (κ1) is 20.7. The molecule has 3 aromatic rings. The third kappa shape index (κ3) is 5.07. The van der Waals surface area contributed by atoms with E-state index in [9.17, 15) is 27.9 Å². The Morgan fingerprint density at radius 2 is 1.79 bits per heavy atom. The number of hydrogen-bond acceptors (Lipinski definition) is 4. The second-order valence-electron chi connectivity index (χ2n) is 5.70. The van der Waals surface area contributed by atoms with Crippen LogP contribution < -0.4 is 10.1 Å². The minimum Gasteiger partial charge on any atom is -0.478 e. The summed E-state index contributed by atoms with van der Waals surface area (Å²) >= 11 is 6.95. The van der Waals surface area contributed by atoms with Crippen LogP contribution in [0.2, 0.25) is 5.02 Å². The molecule has 1 amide bonds. The van der Waals surface area contributed by atoms with Crippen LogP contribution in [0.25, 0.3) is 10.4 Å². The van der Waals surface area contributed by atoms with Crippen molar-refractivity contribution < 1.29 is 32.6 Å². The number of carbonyl (C=O) groups is 2. The number of carboxylic acids is 1. The summed E-state index contributed by atoms with van der Waals surface area (Å²) < 4.78 is 40.9. The zero-order chi connectivity index (χ0) is 21.2. The van der Waals surface area contributed by atoms with Crippen molar-refractivity contribution in [1.82, 2.24) is 0 Å². The number of thiophene rings is 1. The lowest BCUT2D eigenvalue weighted by molar-refractivity contribution is -0.274. The number of carbonyl (C=O) groups excluding carboxylic acids is 1. The van der Waals surface area contributed by atoms with Crippen LogP contribution in [0.4, 0.5) is 18.9 Å². The van der Waals surface area contributed by atoms with Gasteiger partial charge in [0.25, 0.3) is 5.91 Å². The lowest BCUT2D eigenvalue weighted by atomic mass is 10.1. The second-order valence-corrected chi connectivity index (χ2v) is 7.01. The van der Waals surface area contributed by atoms with Gasteiger partial charge in [0, 0.05) is 16.0 Å². The van der Waals surface area contributed by atoms with Gasteiger partial charge >= 0.3 is 12.3 Å². The van der Waals surface area contributed by atoms with Crippen molar-refractivity contribution in [3.63, 3.8) is 0 Å². The van der Waals surface area contributed by atoms with Crippen LogP contribution in [0.5, 0.6) is 5.75 Å². The standard InChI is InChI=1S/C19H11ClF3NO4S/c20-12-6-4-10(5-7-12)16-15(18(26)27)14(9-29-16)24-17(25)11-2-1-3-13(8-11)28-19(21,22)23/h1-9H,(H,24,25)(H,26,27). The molecule has 0 saturated carbocycles. The highest BCUT2D eigenvalue weighted by molar-refractivity contribution is 7.14. The van der Waals surface area contributed by atoms with Crippen molar-refractivity contribution in [2.24, 2.45) is 0 Å². The number of halogens is 4. The largest absolute Gasteiger partial charge is 0.573 e. The van der Waals surface area contributed by atoms with Crippen LogP contribution in [0.1, 0.15) is 20.7 Å². The minimum absolute atomic E-state index is 0.0274. The number of benzene rings is 2. The van der Waals surface area contributed by atoms with E-state index in [1.54, 1.807) is 24.3 Å². The summed E-state index contributed by atoms with van der Waals surface area (Å²) in [6, 6.07) is 11.0. The number of rotatable bonds is 5. The summed E-state index contributed by atoms with van der Waals surface area (Å²) in [6.07, 6.45) is -4.90. The third-order valence-corrected chi connectivity index (χ3v) is 4.97. The second kappa shape index (κ2) is 8.14. The molecule has 10 heteroatoms. The molecule has 2 aromatic carbocycles. The monoisotopic (exact) mass is 441 g/mol. The molecule has 0 spiro atoms. The van der Waals surface area contributed by atoms with Gasteiger partial charge in [0.15, 0.2) is 0 Å². The first-order valence-electron chi connectivity index (χ1n) is 7.92. The number of aromatic carboxylic acids is 1. The van der Waals surface area contributed by atoms with E-state index in [0.29, 0.717) is 15.5 Å². The van der Waals surface area contributed by atoms with E-state index in [0.717, 1.165) is 23.5 Å². The van der Waals surface area contributed by atoms with Gasteiger partial charge in [0.05, 0.1) is 10.6 Å². The summed E-state index contributed by atoms with van der Waals surface area (Å²) in [5.74, 6) is -2.60. The molecule has 0 unspecified atom stereocenters. The molecule has 0 aliphatic heterocycles. The van der Waals surface area contributed by atoms with Crippen molar-refractivity contribution in [1.29, 1.82) is 0 Å². The molecule has 1 aromatic heterocycles. The first-order chi connectivity index (χ1) is 13.6. The summed E-state index contributed by atoms with van der Waals surface area (Å²) in [5.41, 5.74) is 0.369. The van der Waals surface area contributed by atoms with Gasteiger partial charge in [-0.25, -0.2) is 4.79 Å². The minimum atomic E-state index is -4.90. The van der Waals surface area contributed by atoms with E-state index < -0.39 is 24.0 Å². The molecule has 29 heavy (non-hydrogen) atoms. The van der Waals surface area contributed by atoms with Crippen LogP contribution in [-0.2, 0) is 0 Å². The van der Waals surface area contributed by atoms with Gasteiger partial charge in [-0.3, -0.25) is 4.79 Å². The Morgan fingerprint density at radius 3 is 2.41 bits per heavy atom. The molecule has 0 aliphatic carbocycles. The van der Waals surface area contributed by atoms with E-state index in [4.69, 9.17) is 11.6 Å². The van der Waals surface area contributed by atoms with E-state index in [1.165, 1.54) is 17.5 Å². The van der Waals surface area contributed by atoms with Crippen molar-refractivity contribution in [3.8, 4) is 16.2 Å². The van der Waals surface area contributed by atoms with E-state index >= 15 is 0 Å². The fourth-order valence-corrected chi connectivity index (χ4v) is 3.63. The van der Waals surface area contributed by atoms with E-state index in [1.807, 2.05) is 0 Å². The van der Waals surface area contributed by atoms with Crippen molar-refractivity contribution >= 4 is 40.5 Å². The maximum Gasteiger partial charge on any atom is 0.573 e. The van der Waals surface area contributed by atoms with Crippen LogP contribution in [0, 0.1) is 0 Å². The average Bonchev–Trinajstić information content (AvgIpc) is 3.05. The summed E-state index contributed by atoms with van der Waals surface area (Å²) in [4.78, 5) is 24.6. The van der Waals surface area contributed by atoms with Crippen LogP contribution in [0.3, 0.4) is 0 Å². The SMILES string of the molecule is O=C(Nc1csc(-c2ccc(Cl)cc2)c1C(=O)O)c1cccc(OC(F)(F)F)c1. The Hall–Kier alpha value is -3.04. The lowest BCUT2D eigenvalue weighted by Crippen LogP contribution is -2.18. The summed E-state index contributed by atoms with van der Waals surface area (Å²) in [5, 5.41) is 13.9. The van der Waals surface area contributed by atoms with Crippen LogP contribution in [0.15, 0.2) is 53.9 Å². The van der Waals surface area contributed by atoms with Crippen LogP contribution >= 0.6 is 22.9 Å². The topological polar surface area (TPSA) is 75.6 Å². The molecule has 0 bridgehead atoms. The molecule has 3 rings (SSSR count). The zero-order valence-electron chi connectivity index (χ0n) is 14.3. The fourth-order valence-electron chi connectivity index (χ4n) is 2.50. The molecule has 1 heterocycles. The maximum atomic E-state index is 12.4. The van der Waals surface area contributed by atoms with Gasteiger partial charge in [-0.1, -0.05) is 29.8 Å². The van der Waals surface area contributed by atoms with Gasteiger partial charge in [-0.05, 0) is 35.9 Å². The molecule has 2 N–H and O–H groups in total. The van der Waals surface area contributed by atoms with Gasteiger partial charge in [-0.15, -0.1) is 24.5 Å². The van der Waals surface area contributed by atoms with Crippen LogP contribution in [-0.4, -0.2) is 23.3 Å². The Morgan fingerprint density at radius 1 is 1.10 bits per heavy atom. The van der Waals surface area contributed by atoms with Gasteiger partial charge < -0.3 is 15.2 Å². The number of nitrogens with one attached hydrogen (secondary N) is 1. The first-order valence-corrected chi connectivity index (χ1v) is 9.17. The Bertz CT molecular complexity index is 1060. The van der Waals surface area contributed by atoms with Crippen molar-refractivity contribution in [2.45, 2.75) is 6.36 Å². The third-order valence-electron chi connectivity index (χ3n) is 3.69. The smallest absolute Gasteiger partial charge is 0.478 e. The zero-order valence-corrected chi connectivity index (χ0v) is 15.9. The number of anilines is 1. The number of alkyl halides is 3. The highest BCUT2D eigenvalue weighted by Crippen LogP contribution is 2.37. The number of ether oxygens (including phenoxy) is 1. The molecular weight excluding hydrogens is 431 g/mol. The highest BCUT2D eigenvalue weighted by atomic mass is 35.5. The quantitative estimate of drug-likeness (QED) is 0.515. The predicted molar refractivity (Wildman–Crippen MR) is 103 cm³/mol. The Balaban J connectivity index is 1.89.